The van der Waals surface area contributed by atoms with Crippen molar-refractivity contribution in [3.8, 4) is 16.9 Å². The van der Waals surface area contributed by atoms with Crippen LogP contribution < -0.4 is 15.4 Å². The zero-order valence-corrected chi connectivity index (χ0v) is 14.5. The minimum Gasteiger partial charge on any atom is -0.492 e. The molecule has 4 heteroatoms. The summed E-state index contributed by atoms with van der Waals surface area (Å²) in [4.78, 5) is 11.9. The van der Waals surface area contributed by atoms with Crippen molar-refractivity contribution in [2.45, 2.75) is 0 Å². The second kappa shape index (κ2) is 9.28. The quantitative estimate of drug-likeness (QED) is 0.607. The third kappa shape index (κ3) is 5.38. The van der Waals surface area contributed by atoms with Crippen molar-refractivity contribution in [1.82, 2.24) is 5.32 Å². The molecule has 3 aromatic rings. The Morgan fingerprint density at radius 3 is 2.08 bits per heavy atom. The zero-order valence-electron chi connectivity index (χ0n) is 14.5. The summed E-state index contributed by atoms with van der Waals surface area (Å²) in [5.41, 5.74) is 3.24. The molecular weight excluding hydrogens is 324 g/mol. The Hall–Kier alpha value is -3.27. The minimum absolute atomic E-state index is 0.0613. The van der Waals surface area contributed by atoms with Crippen LogP contribution in [0.1, 0.15) is 0 Å². The molecule has 0 aliphatic heterocycles. The number of nitrogens with one attached hydrogen (secondary N) is 2. The summed E-state index contributed by atoms with van der Waals surface area (Å²) in [6.45, 7) is 1.15. The third-order valence-electron chi connectivity index (χ3n) is 3.88. The van der Waals surface area contributed by atoms with Gasteiger partial charge in [-0.3, -0.25) is 4.79 Å². The molecule has 26 heavy (non-hydrogen) atoms. The van der Waals surface area contributed by atoms with E-state index in [0.717, 1.165) is 17.0 Å². The number of para-hydroxylation sites is 1. The van der Waals surface area contributed by atoms with Gasteiger partial charge in [-0.1, -0.05) is 60.7 Å². The number of carbonyl (C=O) groups is 1. The number of hydrogen-bond acceptors (Lipinski definition) is 3. The summed E-state index contributed by atoms with van der Waals surface area (Å²) in [6.07, 6.45) is 0. The first kappa shape index (κ1) is 17.5. The first-order chi connectivity index (χ1) is 12.8. The molecule has 0 aromatic heterocycles. The molecule has 0 saturated carbocycles. The number of ether oxygens (including phenoxy) is 1. The number of anilines is 1. The van der Waals surface area contributed by atoms with Gasteiger partial charge in [-0.2, -0.15) is 0 Å². The zero-order chi connectivity index (χ0) is 18.0. The highest BCUT2D eigenvalue weighted by atomic mass is 16.5. The number of amides is 1. The third-order valence-corrected chi connectivity index (χ3v) is 3.88. The molecule has 4 nitrogen and oxygen atoms in total. The van der Waals surface area contributed by atoms with Crippen LogP contribution in [-0.2, 0) is 4.79 Å². The van der Waals surface area contributed by atoms with Crippen molar-refractivity contribution >= 4 is 11.6 Å². The van der Waals surface area contributed by atoms with E-state index in [0.29, 0.717) is 13.2 Å². The smallest absolute Gasteiger partial charge is 0.239 e. The van der Waals surface area contributed by atoms with Crippen molar-refractivity contribution < 1.29 is 9.53 Å². The van der Waals surface area contributed by atoms with Crippen LogP contribution in [0.2, 0.25) is 0 Å². The summed E-state index contributed by atoms with van der Waals surface area (Å²) < 4.78 is 5.54. The molecule has 0 fully saturated rings. The largest absolute Gasteiger partial charge is 0.492 e. The molecular formula is C22H22N2O2. The molecule has 0 heterocycles. The number of hydrogen-bond donors (Lipinski definition) is 2. The van der Waals surface area contributed by atoms with Gasteiger partial charge in [0.15, 0.2) is 0 Å². The lowest BCUT2D eigenvalue weighted by molar-refractivity contribution is -0.119. The van der Waals surface area contributed by atoms with Gasteiger partial charge < -0.3 is 15.4 Å². The van der Waals surface area contributed by atoms with Crippen molar-refractivity contribution in [3.63, 3.8) is 0 Å². The van der Waals surface area contributed by atoms with E-state index >= 15 is 0 Å². The molecule has 1 amide bonds. The Bertz CT molecular complexity index is 803. The van der Waals surface area contributed by atoms with E-state index in [-0.39, 0.29) is 12.5 Å². The normalized spacial score (nSPS) is 10.2. The standard InChI is InChI=1S/C22H22N2O2/c25-22(23-15-16-26-21-9-5-2-6-10-21)17-24-20-13-11-19(12-14-20)18-7-3-1-4-8-18/h1-14,24H,15-17H2,(H,23,25). The first-order valence-electron chi connectivity index (χ1n) is 8.65. The fourth-order valence-corrected chi connectivity index (χ4v) is 2.53. The predicted molar refractivity (Wildman–Crippen MR) is 105 cm³/mol. The summed E-state index contributed by atoms with van der Waals surface area (Å²) in [5.74, 6) is 0.743. The van der Waals surface area contributed by atoms with Gasteiger partial charge in [0.2, 0.25) is 5.91 Å². The van der Waals surface area contributed by atoms with Crippen LogP contribution in [-0.4, -0.2) is 25.6 Å². The van der Waals surface area contributed by atoms with Crippen LogP contribution in [0.4, 0.5) is 5.69 Å². The second-order valence-electron chi connectivity index (χ2n) is 5.81. The Kier molecular flexibility index (Phi) is 6.26. The van der Waals surface area contributed by atoms with Crippen LogP contribution in [0.15, 0.2) is 84.9 Å². The van der Waals surface area contributed by atoms with Crippen LogP contribution in [0.25, 0.3) is 11.1 Å². The lowest BCUT2D eigenvalue weighted by Gasteiger charge is -2.10. The van der Waals surface area contributed by atoms with Gasteiger partial charge in [-0.25, -0.2) is 0 Å². The maximum absolute atomic E-state index is 11.9. The van der Waals surface area contributed by atoms with Gasteiger partial charge in [0.25, 0.3) is 0 Å². The van der Waals surface area contributed by atoms with Crippen LogP contribution in [0.5, 0.6) is 5.75 Å². The number of rotatable bonds is 8. The second-order valence-corrected chi connectivity index (χ2v) is 5.81. The molecule has 0 radical (unpaired) electrons. The van der Waals surface area contributed by atoms with Crippen LogP contribution in [0.3, 0.4) is 0 Å². The maximum atomic E-state index is 11.9. The SMILES string of the molecule is O=C(CNc1ccc(-c2ccccc2)cc1)NCCOc1ccccc1. The van der Waals surface area contributed by atoms with Crippen molar-refractivity contribution in [2.75, 3.05) is 25.0 Å². The van der Waals surface area contributed by atoms with E-state index in [1.54, 1.807) is 0 Å². The van der Waals surface area contributed by atoms with Crippen molar-refractivity contribution in [2.24, 2.45) is 0 Å². The summed E-state index contributed by atoms with van der Waals surface area (Å²) in [5, 5.41) is 5.96. The van der Waals surface area contributed by atoms with Gasteiger partial charge >= 0.3 is 0 Å². The van der Waals surface area contributed by atoms with Crippen LogP contribution in [0, 0.1) is 0 Å². The maximum Gasteiger partial charge on any atom is 0.239 e. The first-order valence-corrected chi connectivity index (χ1v) is 8.65. The molecule has 0 unspecified atom stereocenters. The summed E-state index contributed by atoms with van der Waals surface area (Å²) >= 11 is 0. The molecule has 132 valence electrons. The van der Waals surface area contributed by atoms with E-state index in [9.17, 15) is 4.79 Å². The molecule has 0 spiro atoms. The average Bonchev–Trinajstić information content (AvgIpc) is 2.71. The molecule has 0 bridgehead atoms. The van der Waals surface area contributed by atoms with E-state index in [1.807, 2.05) is 72.8 Å². The monoisotopic (exact) mass is 346 g/mol. The predicted octanol–water partition coefficient (Wildman–Crippen LogP) is 3.96. The van der Waals surface area contributed by atoms with E-state index < -0.39 is 0 Å². The fourth-order valence-electron chi connectivity index (χ4n) is 2.53. The highest BCUT2D eigenvalue weighted by Gasteiger charge is 2.02. The number of benzene rings is 3. The van der Waals surface area contributed by atoms with Gasteiger partial charge in [0.05, 0.1) is 13.1 Å². The van der Waals surface area contributed by atoms with E-state index in [2.05, 4.69) is 22.8 Å². The molecule has 2 N–H and O–H groups in total. The summed E-state index contributed by atoms with van der Waals surface area (Å²) in [6, 6.07) is 27.8. The Labute approximate surface area is 153 Å². The molecule has 3 rings (SSSR count). The van der Waals surface area contributed by atoms with Gasteiger partial charge in [0.1, 0.15) is 12.4 Å². The Balaban J connectivity index is 1.37. The fraction of sp³-hybridized carbons (Fsp3) is 0.136. The lowest BCUT2D eigenvalue weighted by atomic mass is 10.1. The summed E-state index contributed by atoms with van der Waals surface area (Å²) in [7, 11) is 0. The van der Waals surface area contributed by atoms with Crippen molar-refractivity contribution in [1.29, 1.82) is 0 Å². The van der Waals surface area contributed by atoms with Gasteiger partial charge in [0, 0.05) is 5.69 Å². The highest BCUT2D eigenvalue weighted by Crippen LogP contribution is 2.20. The van der Waals surface area contributed by atoms with E-state index in [4.69, 9.17) is 4.74 Å². The molecule has 3 aromatic carbocycles. The topological polar surface area (TPSA) is 50.4 Å². The molecule has 0 atom stereocenters. The van der Waals surface area contributed by atoms with Crippen molar-refractivity contribution in [3.05, 3.63) is 84.9 Å². The molecule has 0 aliphatic carbocycles. The Morgan fingerprint density at radius 1 is 0.769 bits per heavy atom. The van der Waals surface area contributed by atoms with E-state index in [1.165, 1.54) is 5.56 Å². The van der Waals surface area contributed by atoms with Crippen LogP contribution >= 0.6 is 0 Å². The Morgan fingerprint density at radius 2 is 1.38 bits per heavy atom. The number of carbonyl (C=O) groups excluding carboxylic acids is 1. The molecule has 0 saturated heterocycles. The lowest BCUT2D eigenvalue weighted by Crippen LogP contribution is -2.32. The highest BCUT2D eigenvalue weighted by molar-refractivity contribution is 5.80. The van der Waals surface area contributed by atoms with Gasteiger partial charge in [-0.15, -0.1) is 0 Å². The minimum atomic E-state index is -0.0613. The average molecular weight is 346 g/mol. The van der Waals surface area contributed by atoms with Gasteiger partial charge in [-0.05, 0) is 35.4 Å². The molecule has 0 aliphatic rings.